The van der Waals surface area contributed by atoms with Gasteiger partial charge < -0.3 is 9.16 Å². The Labute approximate surface area is 110 Å². The van der Waals surface area contributed by atoms with Crippen LogP contribution in [0.25, 0.3) is 0 Å². The van der Waals surface area contributed by atoms with E-state index in [9.17, 15) is 9.59 Å². The lowest BCUT2D eigenvalue weighted by atomic mass is 10.2. The van der Waals surface area contributed by atoms with Gasteiger partial charge in [0.05, 0.1) is 7.11 Å². The Morgan fingerprint density at radius 3 is 2.11 bits per heavy atom. The molecule has 0 radical (unpaired) electrons. The second-order valence-electron chi connectivity index (χ2n) is 3.62. The van der Waals surface area contributed by atoms with Crippen LogP contribution in [-0.2, 0) is 25.2 Å². The number of benzene rings is 1. The van der Waals surface area contributed by atoms with Gasteiger partial charge in [-0.05, 0) is 18.0 Å². The molecule has 0 N–H and O–H groups in total. The summed E-state index contributed by atoms with van der Waals surface area (Å²) in [5.41, 5.74) is 1.32. The molecule has 0 saturated heterocycles. The van der Waals surface area contributed by atoms with Crippen LogP contribution in [0.15, 0.2) is 30.3 Å². The van der Waals surface area contributed by atoms with Gasteiger partial charge in [-0.25, -0.2) is 0 Å². The van der Waals surface area contributed by atoms with Crippen LogP contribution in [0, 0.1) is 0 Å². The Morgan fingerprint density at radius 2 is 1.67 bits per heavy atom. The summed E-state index contributed by atoms with van der Waals surface area (Å²) in [7, 11) is 0.720. The van der Waals surface area contributed by atoms with E-state index in [1.807, 2.05) is 18.2 Å². The lowest BCUT2D eigenvalue weighted by molar-refractivity contribution is -0.138. The first-order valence-corrected chi connectivity index (χ1v) is 7.36. The van der Waals surface area contributed by atoms with Crippen molar-refractivity contribution in [1.29, 1.82) is 0 Å². The standard InChI is InChI=1S/C10H14O2Si.C3H6O2/c1-9(11)12-13-8-7-10-5-3-2-4-6-10;1-3(4)5-2/h2-6H,7-8,13H2,1H3;1-2H3. The van der Waals surface area contributed by atoms with Crippen molar-refractivity contribution in [2.24, 2.45) is 0 Å². The van der Waals surface area contributed by atoms with Gasteiger partial charge in [0.25, 0.3) is 5.97 Å². The second-order valence-corrected chi connectivity index (χ2v) is 5.03. The summed E-state index contributed by atoms with van der Waals surface area (Å²) < 4.78 is 9.07. The van der Waals surface area contributed by atoms with Gasteiger partial charge in [0.1, 0.15) is 0 Å². The van der Waals surface area contributed by atoms with E-state index in [1.54, 1.807) is 0 Å². The van der Waals surface area contributed by atoms with Crippen molar-refractivity contribution in [3.8, 4) is 0 Å². The van der Waals surface area contributed by atoms with E-state index in [4.69, 9.17) is 4.43 Å². The smallest absolute Gasteiger partial charge is 0.302 e. The molecule has 0 bridgehead atoms. The van der Waals surface area contributed by atoms with E-state index in [0.29, 0.717) is 0 Å². The summed E-state index contributed by atoms with van der Waals surface area (Å²) in [6.07, 6.45) is 1.03. The summed E-state index contributed by atoms with van der Waals surface area (Å²) in [6.45, 7) is 2.83. The SMILES string of the molecule is CC(=O)O[SiH2]CCc1ccccc1.COC(C)=O. The van der Waals surface area contributed by atoms with Gasteiger partial charge >= 0.3 is 5.97 Å². The number of carbonyl (C=O) groups is 2. The molecule has 5 heteroatoms. The number of esters is 1. The first kappa shape index (κ1) is 16.4. The van der Waals surface area contributed by atoms with Gasteiger partial charge in [-0.15, -0.1) is 0 Å². The fourth-order valence-electron chi connectivity index (χ4n) is 1.14. The minimum absolute atomic E-state index is 0.139. The quantitative estimate of drug-likeness (QED) is 0.471. The Kier molecular flexibility index (Phi) is 9.58. The summed E-state index contributed by atoms with van der Waals surface area (Å²) in [5, 5.41) is 0. The van der Waals surface area contributed by atoms with E-state index in [-0.39, 0.29) is 11.9 Å². The zero-order chi connectivity index (χ0) is 13.8. The summed E-state index contributed by atoms with van der Waals surface area (Å²) in [5.74, 6) is -0.385. The number of hydrogen-bond donors (Lipinski definition) is 0. The molecule has 0 aromatic heterocycles. The number of methoxy groups -OCH3 is 1. The predicted octanol–water partition coefficient (Wildman–Crippen LogP) is 1.47. The molecule has 0 atom stereocenters. The van der Waals surface area contributed by atoms with Crippen molar-refractivity contribution < 1.29 is 18.8 Å². The largest absolute Gasteiger partial charge is 0.525 e. The van der Waals surface area contributed by atoms with Crippen LogP contribution in [0.3, 0.4) is 0 Å². The minimum Gasteiger partial charge on any atom is -0.525 e. The molecule has 0 aliphatic heterocycles. The maximum atomic E-state index is 10.5. The Bertz CT molecular complexity index is 351. The molecular weight excluding hydrogens is 248 g/mol. The average Bonchev–Trinajstić information content (AvgIpc) is 2.36. The van der Waals surface area contributed by atoms with Crippen molar-refractivity contribution in [1.82, 2.24) is 0 Å². The molecule has 0 spiro atoms. The molecule has 0 aliphatic rings. The fourth-order valence-corrected chi connectivity index (χ4v) is 2.12. The molecule has 0 heterocycles. The van der Waals surface area contributed by atoms with Crippen LogP contribution >= 0.6 is 0 Å². The van der Waals surface area contributed by atoms with E-state index in [0.717, 1.165) is 12.5 Å². The lowest BCUT2D eigenvalue weighted by Gasteiger charge is -2.01. The molecule has 1 aromatic carbocycles. The van der Waals surface area contributed by atoms with Crippen molar-refractivity contribution in [2.75, 3.05) is 7.11 Å². The minimum atomic E-state index is -0.630. The topological polar surface area (TPSA) is 52.6 Å². The van der Waals surface area contributed by atoms with Crippen LogP contribution in [-0.4, -0.2) is 28.8 Å². The molecule has 100 valence electrons. The molecule has 0 aliphatic carbocycles. The summed E-state index contributed by atoms with van der Waals surface area (Å²) in [6, 6.07) is 11.3. The van der Waals surface area contributed by atoms with E-state index < -0.39 is 9.76 Å². The highest BCUT2D eigenvalue weighted by atomic mass is 28.2. The molecule has 4 nitrogen and oxygen atoms in total. The fraction of sp³-hybridized carbons (Fsp3) is 0.385. The van der Waals surface area contributed by atoms with Crippen LogP contribution < -0.4 is 0 Å². The molecule has 18 heavy (non-hydrogen) atoms. The van der Waals surface area contributed by atoms with Crippen LogP contribution in [0.1, 0.15) is 19.4 Å². The molecule has 1 aromatic rings. The average molecular weight is 268 g/mol. The maximum Gasteiger partial charge on any atom is 0.302 e. The Hall–Kier alpha value is -1.62. The zero-order valence-electron chi connectivity index (χ0n) is 11.1. The lowest BCUT2D eigenvalue weighted by Crippen LogP contribution is -2.04. The van der Waals surface area contributed by atoms with Crippen molar-refractivity contribution >= 4 is 21.7 Å². The molecule has 0 amide bonds. The van der Waals surface area contributed by atoms with Crippen molar-refractivity contribution in [2.45, 2.75) is 26.3 Å². The highest BCUT2D eigenvalue weighted by molar-refractivity contribution is 6.30. The molecule has 1 rings (SSSR count). The van der Waals surface area contributed by atoms with E-state index in [1.165, 1.54) is 26.5 Å². The molecular formula is C13H20O4Si. The van der Waals surface area contributed by atoms with E-state index >= 15 is 0 Å². The summed E-state index contributed by atoms with van der Waals surface area (Å²) >= 11 is 0. The van der Waals surface area contributed by atoms with Gasteiger partial charge in [-0.2, -0.15) is 0 Å². The van der Waals surface area contributed by atoms with Gasteiger partial charge in [-0.3, -0.25) is 9.59 Å². The Morgan fingerprint density at radius 1 is 1.11 bits per heavy atom. The predicted molar refractivity (Wildman–Crippen MR) is 73.0 cm³/mol. The number of carbonyl (C=O) groups excluding carboxylic acids is 2. The third kappa shape index (κ3) is 10.9. The van der Waals surface area contributed by atoms with Crippen molar-refractivity contribution in [3.63, 3.8) is 0 Å². The number of hydrogen-bond acceptors (Lipinski definition) is 4. The van der Waals surface area contributed by atoms with Gasteiger partial charge in [0.15, 0.2) is 0 Å². The van der Waals surface area contributed by atoms with Crippen LogP contribution in [0.4, 0.5) is 0 Å². The third-order valence-corrected chi connectivity index (χ3v) is 3.30. The normalized spacial score (nSPS) is 9.50. The van der Waals surface area contributed by atoms with E-state index in [2.05, 4.69) is 16.9 Å². The highest BCUT2D eigenvalue weighted by Crippen LogP contribution is 2.02. The van der Waals surface area contributed by atoms with Gasteiger partial charge in [-0.1, -0.05) is 30.3 Å². The van der Waals surface area contributed by atoms with Gasteiger partial charge in [0, 0.05) is 13.8 Å². The zero-order valence-corrected chi connectivity index (χ0v) is 12.6. The number of ether oxygens (including phenoxy) is 1. The highest BCUT2D eigenvalue weighted by Gasteiger charge is 1.95. The third-order valence-electron chi connectivity index (χ3n) is 2.05. The molecule has 0 unspecified atom stereocenters. The van der Waals surface area contributed by atoms with Crippen LogP contribution in [0.2, 0.25) is 6.04 Å². The molecule has 0 fully saturated rings. The summed E-state index contributed by atoms with van der Waals surface area (Å²) in [4.78, 5) is 20.1. The maximum absolute atomic E-state index is 10.5. The monoisotopic (exact) mass is 268 g/mol. The molecule has 0 saturated carbocycles. The first-order valence-electron chi connectivity index (χ1n) is 5.78. The first-order chi connectivity index (χ1) is 8.56. The Balaban J connectivity index is 0.000000494. The van der Waals surface area contributed by atoms with Crippen LogP contribution in [0.5, 0.6) is 0 Å². The number of aryl methyl sites for hydroxylation is 1. The second kappa shape index (κ2) is 10.5. The van der Waals surface area contributed by atoms with Gasteiger partial charge in [0.2, 0.25) is 9.76 Å². The van der Waals surface area contributed by atoms with Crippen molar-refractivity contribution in [3.05, 3.63) is 35.9 Å². The number of rotatable bonds is 4.